The highest BCUT2D eigenvalue weighted by atomic mass is 32.1. The van der Waals surface area contributed by atoms with E-state index < -0.39 is 0 Å². The molecule has 3 aromatic heterocycles. The summed E-state index contributed by atoms with van der Waals surface area (Å²) in [5.74, 6) is 0.285. The van der Waals surface area contributed by atoms with Crippen LogP contribution < -0.4 is 0 Å². The van der Waals surface area contributed by atoms with Crippen molar-refractivity contribution in [3.05, 3.63) is 176 Å². The van der Waals surface area contributed by atoms with Crippen molar-refractivity contribution in [1.29, 1.82) is 0 Å². The molecule has 1 N–H and O–H groups in total. The van der Waals surface area contributed by atoms with Crippen molar-refractivity contribution < 1.29 is 5.11 Å². The van der Waals surface area contributed by atoms with Gasteiger partial charge in [0.25, 0.3) is 0 Å². The molecule has 0 saturated heterocycles. The van der Waals surface area contributed by atoms with Crippen LogP contribution in [-0.4, -0.2) is 14.2 Å². The van der Waals surface area contributed by atoms with Crippen LogP contribution in [0, 0.1) is 0 Å². The Balaban J connectivity index is 1.06. The Morgan fingerprint density at radius 2 is 0.981 bits per heavy atom. The Morgan fingerprint density at radius 3 is 1.71 bits per heavy atom. The summed E-state index contributed by atoms with van der Waals surface area (Å²) in [7, 11) is 0. The number of aromatic hydroxyl groups is 1. The molecule has 0 aliphatic heterocycles. The molecule has 0 bridgehead atoms. The average Bonchev–Trinajstić information content (AvgIpc) is 3.86. The number of phenolic OH excluding ortho intramolecular Hbond substituents is 1. The van der Waals surface area contributed by atoms with Gasteiger partial charge in [-0.2, -0.15) is 0 Å². The van der Waals surface area contributed by atoms with Crippen LogP contribution in [0.3, 0.4) is 0 Å². The first-order valence-electron chi connectivity index (χ1n) is 17.6. The number of hydrogen-bond acceptors (Lipinski definition) is 2. The number of phenols is 1. The molecular weight excluding hydrogens is 653 g/mol. The van der Waals surface area contributed by atoms with E-state index in [0.29, 0.717) is 0 Å². The van der Waals surface area contributed by atoms with E-state index in [1.165, 1.54) is 69.5 Å². The smallest absolute Gasteiger partial charge is 0.123 e. The van der Waals surface area contributed by atoms with E-state index >= 15 is 0 Å². The summed E-state index contributed by atoms with van der Waals surface area (Å²) in [6.07, 6.45) is 0. The monoisotopic (exact) mass is 682 g/mol. The van der Waals surface area contributed by atoms with Crippen molar-refractivity contribution in [2.45, 2.75) is 0 Å². The maximum absolute atomic E-state index is 10.7. The fraction of sp³-hybridized carbons (Fsp3) is 0. The van der Waals surface area contributed by atoms with E-state index in [1.807, 2.05) is 47.7 Å². The van der Waals surface area contributed by atoms with Gasteiger partial charge in [-0.25, -0.2) is 0 Å². The minimum atomic E-state index is 0.285. The highest BCUT2D eigenvalue weighted by molar-refractivity contribution is 7.26. The van der Waals surface area contributed by atoms with Crippen molar-refractivity contribution in [2.75, 3.05) is 0 Å². The van der Waals surface area contributed by atoms with Crippen LogP contribution in [0.25, 0.3) is 97.4 Å². The summed E-state index contributed by atoms with van der Waals surface area (Å²) in [4.78, 5) is 0. The van der Waals surface area contributed by atoms with Gasteiger partial charge in [-0.05, 0) is 83.4 Å². The molecule has 0 amide bonds. The van der Waals surface area contributed by atoms with Gasteiger partial charge in [0.15, 0.2) is 0 Å². The molecule has 3 heterocycles. The third kappa shape index (κ3) is 4.25. The first-order valence-corrected chi connectivity index (χ1v) is 18.4. The summed E-state index contributed by atoms with van der Waals surface area (Å²) in [5.41, 5.74) is 11.1. The first-order chi connectivity index (χ1) is 25.7. The SMILES string of the molecule is Oc1ccc(-c2ccc(-n3c4ccccc4c4c5sc6ccc(-n7c8ccccc8c8ccccc87)cc6c5ccc43)cc2)cc1-c1ccccc1. The van der Waals surface area contributed by atoms with Crippen molar-refractivity contribution in [3.8, 4) is 39.4 Å². The maximum atomic E-state index is 10.7. The van der Waals surface area contributed by atoms with Gasteiger partial charge in [0.1, 0.15) is 5.75 Å². The van der Waals surface area contributed by atoms with Crippen LogP contribution in [0.15, 0.2) is 176 Å². The van der Waals surface area contributed by atoms with Crippen molar-refractivity contribution in [1.82, 2.24) is 9.13 Å². The third-order valence-corrected chi connectivity index (χ3v) is 11.8. The Bertz CT molecular complexity index is 3130. The number of benzene rings is 8. The van der Waals surface area contributed by atoms with E-state index in [9.17, 15) is 5.11 Å². The minimum absolute atomic E-state index is 0.285. The van der Waals surface area contributed by atoms with Crippen LogP contribution in [0.5, 0.6) is 5.75 Å². The molecular formula is C48H30N2OS. The van der Waals surface area contributed by atoms with Crippen molar-refractivity contribution in [2.24, 2.45) is 0 Å². The molecule has 8 aromatic carbocycles. The van der Waals surface area contributed by atoms with Gasteiger partial charge >= 0.3 is 0 Å². The van der Waals surface area contributed by atoms with Gasteiger partial charge < -0.3 is 14.2 Å². The summed E-state index contributed by atoms with van der Waals surface area (Å²) in [5, 5.41) is 18.3. The molecule has 0 saturated carbocycles. The number of hydrogen-bond donors (Lipinski definition) is 1. The molecule has 52 heavy (non-hydrogen) atoms. The van der Waals surface area contributed by atoms with Gasteiger partial charge in [0, 0.05) is 58.7 Å². The van der Waals surface area contributed by atoms with Crippen molar-refractivity contribution >= 4 is 75.1 Å². The minimum Gasteiger partial charge on any atom is -0.507 e. The van der Waals surface area contributed by atoms with Gasteiger partial charge in [-0.3, -0.25) is 0 Å². The zero-order valence-corrected chi connectivity index (χ0v) is 28.8. The molecule has 11 rings (SSSR count). The van der Waals surface area contributed by atoms with E-state index in [2.05, 4.69) is 143 Å². The molecule has 0 aliphatic carbocycles. The lowest BCUT2D eigenvalue weighted by atomic mass is 9.98. The number of rotatable bonds is 4. The van der Waals surface area contributed by atoms with E-state index in [1.54, 1.807) is 6.07 Å². The highest BCUT2D eigenvalue weighted by Crippen LogP contribution is 2.44. The maximum Gasteiger partial charge on any atom is 0.123 e. The van der Waals surface area contributed by atoms with Crippen LogP contribution >= 0.6 is 11.3 Å². The van der Waals surface area contributed by atoms with Crippen LogP contribution in [-0.2, 0) is 0 Å². The number of aromatic nitrogens is 2. The van der Waals surface area contributed by atoms with Crippen LogP contribution in [0.2, 0.25) is 0 Å². The Labute approximate surface area is 303 Å². The topological polar surface area (TPSA) is 30.1 Å². The number of thiophene rings is 1. The van der Waals surface area contributed by atoms with Crippen LogP contribution in [0.1, 0.15) is 0 Å². The second-order valence-corrected chi connectivity index (χ2v) is 14.5. The van der Waals surface area contributed by atoms with Gasteiger partial charge in [-0.15, -0.1) is 11.3 Å². The standard InChI is InChI=1S/C48H30N2OS/c51-45-26-20-32(28-39(45)31-10-2-1-3-11-31)30-18-21-33(22-19-30)49-43-17-9-6-14-38(43)47-44(49)25-24-37-40-29-34(23-27-46(40)52-48(37)47)50-41-15-7-4-12-35(41)36-13-5-8-16-42(36)50/h1-29,51H. The molecule has 0 spiro atoms. The predicted octanol–water partition coefficient (Wildman–Crippen LogP) is 13.3. The largest absolute Gasteiger partial charge is 0.507 e. The fourth-order valence-electron chi connectivity index (χ4n) is 8.26. The molecule has 0 aliphatic rings. The number of para-hydroxylation sites is 3. The van der Waals surface area contributed by atoms with Gasteiger partial charge in [0.2, 0.25) is 0 Å². The molecule has 4 heteroatoms. The fourth-order valence-corrected chi connectivity index (χ4v) is 9.50. The Hall–Kier alpha value is -6.62. The number of nitrogens with zero attached hydrogens (tertiary/aromatic N) is 2. The Morgan fingerprint density at radius 1 is 0.385 bits per heavy atom. The molecule has 244 valence electrons. The number of fused-ring (bicyclic) bond motifs is 10. The summed E-state index contributed by atoms with van der Waals surface area (Å²) < 4.78 is 7.41. The zero-order valence-electron chi connectivity index (χ0n) is 28.0. The lowest BCUT2D eigenvalue weighted by molar-refractivity contribution is 0.477. The summed E-state index contributed by atoms with van der Waals surface area (Å²) in [6.45, 7) is 0. The predicted molar refractivity (Wildman–Crippen MR) is 221 cm³/mol. The summed E-state index contributed by atoms with van der Waals surface area (Å²) in [6, 6.07) is 62.5. The zero-order chi connectivity index (χ0) is 34.3. The molecule has 11 aromatic rings. The molecule has 3 nitrogen and oxygen atoms in total. The first kappa shape index (κ1) is 29.1. The average molecular weight is 683 g/mol. The molecule has 0 unspecified atom stereocenters. The van der Waals surface area contributed by atoms with Gasteiger partial charge in [0.05, 0.1) is 22.1 Å². The van der Waals surface area contributed by atoms with Crippen LogP contribution in [0.4, 0.5) is 0 Å². The normalized spacial score (nSPS) is 11.9. The molecule has 0 atom stereocenters. The quantitative estimate of drug-likeness (QED) is 0.197. The third-order valence-electron chi connectivity index (χ3n) is 10.6. The lowest BCUT2D eigenvalue weighted by Gasteiger charge is -2.11. The van der Waals surface area contributed by atoms with E-state index in [-0.39, 0.29) is 5.75 Å². The van der Waals surface area contributed by atoms with E-state index in [4.69, 9.17) is 0 Å². The molecule has 0 radical (unpaired) electrons. The van der Waals surface area contributed by atoms with Crippen molar-refractivity contribution in [3.63, 3.8) is 0 Å². The lowest BCUT2D eigenvalue weighted by Crippen LogP contribution is -1.93. The second kappa shape index (κ2) is 11.2. The highest BCUT2D eigenvalue weighted by Gasteiger charge is 2.19. The van der Waals surface area contributed by atoms with E-state index in [0.717, 1.165) is 27.9 Å². The molecule has 0 fully saturated rings. The Kier molecular flexibility index (Phi) is 6.27. The summed E-state index contributed by atoms with van der Waals surface area (Å²) >= 11 is 1.89. The van der Waals surface area contributed by atoms with Gasteiger partial charge in [-0.1, -0.05) is 109 Å². The second-order valence-electron chi connectivity index (χ2n) is 13.5.